The van der Waals surface area contributed by atoms with Crippen LogP contribution in [0.1, 0.15) is 16.0 Å². The van der Waals surface area contributed by atoms with Gasteiger partial charge in [0.1, 0.15) is 5.75 Å². The molecular weight excluding hydrogens is 387 g/mol. The van der Waals surface area contributed by atoms with Gasteiger partial charge >= 0.3 is 0 Å². The second-order valence-corrected chi connectivity index (χ2v) is 6.42. The van der Waals surface area contributed by atoms with Crippen LogP contribution < -0.4 is 4.74 Å². The Morgan fingerprint density at radius 3 is 2.76 bits per heavy atom. The van der Waals surface area contributed by atoms with Gasteiger partial charge in [0, 0.05) is 10.6 Å². The van der Waals surface area contributed by atoms with Crippen molar-refractivity contribution < 1.29 is 4.74 Å². The molecule has 0 saturated carbocycles. The van der Waals surface area contributed by atoms with Crippen LogP contribution in [0.5, 0.6) is 5.75 Å². The summed E-state index contributed by atoms with van der Waals surface area (Å²) in [5.41, 5.74) is 2.22. The lowest BCUT2D eigenvalue weighted by atomic mass is 10.1. The van der Waals surface area contributed by atoms with Crippen LogP contribution in [-0.2, 0) is 0 Å². The predicted molar refractivity (Wildman–Crippen MR) is 80.8 cm³/mol. The maximum absolute atomic E-state index is 6.08. The zero-order valence-electron chi connectivity index (χ0n) is 8.91. The molecule has 0 amide bonds. The highest BCUT2D eigenvalue weighted by Gasteiger charge is 2.18. The summed E-state index contributed by atoms with van der Waals surface area (Å²) in [5.74, 6) is 0.808. The Kier molecular flexibility index (Phi) is 4.53. The van der Waals surface area contributed by atoms with Crippen LogP contribution in [0.4, 0.5) is 0 Å². The fourth-order valence-corrected chi connectivity index (χ4v) is 4.06. The van der Waals surface area contributed by atoms with E-state index in [1.54, 1.807) is 18.4 Å². The molecule has 1 aromatic heterocycles. The SMILES string of the molecule is COc1c(Br)cc(Cl)cc1C(Br)c1ccsc1. The van der Waals surface area contributed by atoms with Crippen LogP contribution in [0.15, 0.2) is 33.4 Å². The van der Waals surface area contributed by atoms with E-state index in [1.165, 1.54) is 5.56 Å². The van der Waals surface area contributed by atoms with Gasteiger partial charge in [-0.25, -0.2) is 0 Å². The lowest BCUT2D eigenvalue weighted by molar-refractivity contribution is 0.408. The van der Waals surface area contributed by atoms with Gasteiger partial charge in [0.05, 0.1) is 16.4 Å². The molecule has 2 rings (SSSR count). The Bertz CT molecular complexity index is 513. The number of alkyl halides is 1. The number of thiophene rings is 1. The van der Waals surface area contributed by atoms with Gasteiger partial charge in [-0.05, 0) is 50.5 Å². The molecule has 0 bridgehead atoms. The maximum atomic E-state index is 6.08. The maximum Gasteiger partial charge on any atom is 0.137 e. The van der Waals surface area contributed by atoms with Crippen molar-refractivity contribution in [2.45, 2.75) is 4.83 Å². The molecule has 1 heterocycles. The van der Waals surface area contributed by atoms with Crippen LogP contribution in [0.2, 0.25) is 5.02 Å². The summed E-state index contributed by atoms with van der Waals surface area (Å²) in [7, 11) is 1.66. The van der Waals surface area contributed by atoms with Gasteiger partial charge in [0.25, 0.3) is 0 Å². The Balaban J connectivity index is 2.50. The van der Waals surface area contributed by atoms with Crippen LogP contribution >= 0.6 is 54.8 Å². The summed E-state index contributed by atoms with van der Waals surface area (Å²) < 4.78 is 6.28. The van der Waals surface area contributed by atoms with E-state index in [1.807, 2.05) is 12.1 Å². The smallest absolute Gasteiger partial charge is 0.137 e. The zero-order chi connectivity index (χ0) is 12.4. The number of benzene rings is 1. The van der Waals surface area contributed by atoms with Crippen LogP contribution in [0.3, 0.4) is 0 Å². The fraction of sp³-hybridized carbons (Fsp3) is 0.167. The van der Waals surface area contributed by atoms with Crippen molar-refractivity contribution >= 4 is 54.8 Å². The molecule has 1 aromatic carbocycles. The molecule has 17 heavy (non-hydrogen) atoms. The Morgan fingerprint density at radius 1 is 1.41 bits per heavy atom. The van der Waals surface area contributed by atoms with Crippen molar-refractivity contribution in [3.05, 3.63) is 49.6 Å². The van der Waals surface area contributed by atoms with E-state index in [9.17, 15) is 0 Å². The summed E-state index contributed by atoms with van der Waals surface area (Å²) in [4.78, 5) is 0.0821. The molecule has 1 nitrogen and oxygen atoms in total. The normalized spacial score (nSPS) is 12.5. The second kappa shape index (κ2) is 5.74. The highest BCUT2D eigenvalue weighted by Crippen LogP contribution is 2.42. The number of rotatable bonds is 3. The van der Waals surface area contributed by atoms with Gasteiger partial charge < -0.3 is 4.74 Å². The van der Waals surface area contributed by atoms with Crippen molar-refractivity contribution in [2.75, 3.05) is 7.11 Å². The third-order valence-corrected chi connectivity index (χ3v) is 4.88. The van der Waals surface area contributed by atoms with Gasteiger partial charge in [0.2, 0.25) is 0 Å². The highest BCUT2D eigenvalue weighted by atomic mass is 79.9. The third kappa shape index (κ3) is 2.87. The summed E-state index contributed by atoms with van der Waals surface area (Å²) in [6.07, 6.45) is 0. The summed E-state index contributed by atoms with van der Waals surface area (Å²) in [5, 5.41) is 4.84. The average Bonchev–Trinajstić information content (AvgIpc) is 2.80. The largest absolute Gasteiger partial charge is 0.495 e. The van der Waals surface area contributed by atoms with E-state index in [2.05, 4.69) is 48.7 Å². The van der Waals surface area contributed by atoms with Crippen molar-refractivity contribution in [3.8, 4) is 5.75 Å². The zero-order valence-corrected chi connectivity index (χ0v) is 13.7. The van der Waals surface area contributed by atoms with Crippen LogP contribution in [-0.4, -0.2) is 7.11 Å². The molecule has 0 aliphatic rings. The van der Waals surface area contributed by atoms with Gasteiger partial charge in [0.15, 0.2) is 0 Å². The van der Waals surface area contributed by atoms with E-state index < -0.39 is 0 Å². The first-order valence-electron chi connectivity index (χ1n) is 4.82. The number of hydrogen-bond acceptors (Lipinski definition) is 2. The predicted octanol–water partition coefficient (Wildman–Crippen LogP) is 5.66. The molecule has 5 heteroatoms. The minimum absolute atomic E-state index is 0.0821. The molecule has 1 atom stereocenters. The monoisotopic (exact) mass is 394 g/mol. The van der Waals surface area contributed by atoms with Crippen LogP contribution in [0.25, 0.3) is 0 Å². The molecule has 2 aromatic rings. The Hall–Kier alpha value is -0.0300. The number of methoxy groups -OCH3 is 1. The second-order valence-electron chi connectivity index (χ2n) is 3.43. The fourth-order valence-electron chi connectivity index (χ4n) is 1.58. The van der Waals surface area contributed by atoms with E-state index in [0.29, 0.717) is 5.02 Å². The van der Waals surface area contributed by atoms with E-state index in [0.717, 1.165) is 15.8 Å². The quantitative estimate of drug-likeness (QED) is 0.609. The van der Waals surface area contributed by atoms with Crippen LogP contribution in [0, 0.1) is 0 Å². The molecule has 1 unspecified atom stereocenters. The Morgan fingerprint density at radius 2 is 2.18 bits per heavy atom. The summed E-state index contributed by atoms with van der Waals surface area (Å²) in [6.45, 7) is 0. The molecule has 90 valence electrons. The van der Waals surface area contributed by atoms with Gasteiger partial charge in [-0.15, -0.1) is 0 Å². The first-order chi connectivity index (χ1) is 8.13. The highest BCUT2D eigenvalue weighted by molar-refractivity contribution is 9.10. The lowest BCUT2D eigenvalue weighted by Crippen LogP contribution is -1.97. The number of ether oxygens (including phenoxy) is 1. The van der Waals surface area contributed by atoms with Gasteiger partial charge in [-0.1, -0.05) is 27.5 Å². The molecule has 0 N–H and O–H groups in total. The van der Waals surface area contributed by atoms with Crippen molar-refractivity contribution in [1.29, 1.82) is 0 Å². The molecule has 0 spiro atoms. The van der Waals surface area contributed by atoms with Crippen molar-refractivity contribution in [2.24, 2.45) is 0 Å². The molecule has 0 fully saturated rings. The summed E-state index contributed by atoms with van der Waals surface area (Å²) >= 11 is 14.9. The van der Waals surface area contributed by atoms with E-state index in [4.69, 9.17) is 16.3 Å². The molecule has 0 saturated heterocycles. The van der Waals surface area contributed by atoms with Crippen molar-refractivity contribution in [3.63, 3.8) is 0 Å². The lowest BCUT2D eigenvalue weighted by Gasteiger charge is -2.15. The average molecular weight is 397 g/mol. The molecular formula is C12H9Br2ClOS. The topological polar surface area (TPSA) is 9.23 Å². The number of hydrogen-bond donors (Lipinski definition) is 0. The van der Waals surface area contributed by atoms with Gasteiger partial charge in [-0.2, -0.15) is 11.3 Å². The van der Waals surface area contributed by atoms with Gasteiger partial charge in [-0.3, -0.25) is 0 Å². The number of halogens is 3. The Labute approximate surface area is 126 Å². The first-order valence-corrected chi connectivity index (χ1v) is 7.85. The standard InChI is InChI=1S/C12H9Br2ClOS/c1-16-12-9(4-8(15)5-10(12)13)11(14)7-2-3-17-6-7/h2-6,11H,1H3. The first kappa shape index (κ1) is 13.4. The van der Waals surface area contributed by atoms with E-state index in [-0.39, 0.29) is 4.83 Å². The minimum atomic E-state index is 0.0821. The molecule has 0 radical (unpaired) electrons. The van der Waals surface area contributed by atoms with Crippen molar-refractivity contribution in [1.82, 2.24) is 0 Å². The summed E-state index contributed by atoms with van der Waals surface area (Å²) in [6, 6.07) is 5.83. The molecule has 0 aliphatic heterocycles. The third-order valence-electron chi connectivity index (χ3n) is 2.35. The minimum Gasteiger partial charge on any atom is -0.495 e. The molecule has 0 aliphatic carbocycles. The van der Waals surface area contributed by atoms with E-state index >= 15 is 0 Å².